The third kappa shape index (κ3) is 4.05. The fourth-order valence-electron chi connectivity index (χ4n) is 2.35. The predicted molar refractivity (Wildman–Crippen MR) is 83.4 cm³/mol. The number of carbonyl (C=O) groups is 1. The molecule has 1 aromatic carbocycles. The van der Waals surface area contributed by atoms with Gasteiger partial charge in [-0.1, -0.05) is 12.1 Å². The van der Waals surface area contributed by atoms with Crippen molar-refractivity contribution in [3.8, 4) is 5.88 Å². The standard InChI is InChI=1S/C17H16F2N2O3/c18-16(19)11-2-1-3-13(8-11)21-17(22)12-4-6-20-15(9-12)24-14-5-7-23-10-14/h1-4,6,8-9,14,16H,5,7,10H2,(H,21,22). The fraction of sp³-hybridized carbons (Fsp3) is 0.294. The van der Waals surface area contributed by atoms with Gasteiger partial charge >= 0.3 is 0 Å². The highest BCUT2D eigenvalue weighted by Gasteiger charge is 2.18. The Labute approximate surface area is 137 Å². The lowest BCUT2D eigenvalue weighted by atomic mass is 10.2. The molecule has 3 rings (SSSR count). The Bertz CT molecular complexity index is 718. The first kappa shape index (κ1) is 16.3. The monoisotopic (exact) mass is 334 g/mol. The summed E-state index contributed by atoms with van der Waals surface area (Å²) in [6.07, 6.45) is -0.413. The molecule has 1 atom stereocenters. The second kappa shape index (κ2) is 7.35. The van der Waals surface area contributed by atoms with Crippen LogP contribution in [-0.4, -0.2) is 30.2 Å². The van der Waals surface area contributed by atoms with Crippen molar-refractivity contribution < 1.29 is 23.0 Å². The SMILES string of the molecule is O=C(Nc1cccc(C(F)F)c1)c1ccnc(OC2CCOC2)c1. The van der Waals surface area contributed by atoms with Crippen LogP contribution >= 0.6 is 0 Å². The van der Waals surface area contributed by atoms with Gasteiger partial charge in [0.1, 0.15) is 6.10 Å². The molecule has 1 N–H and O–H groups in total. The van der Waals surface area contributed by atoms with Gasteiger partial charge in [0.15, 0.2) is 0 Å². The lowest BCUT2D eigenvalue weighted by Crippen LogP contribution is -2.17. The molecule has 0 aliphatic carbocycles. The summed E-state index contributed by atoms with van der Waals surface area (Å²) >= 11 is 0. The number of carbonyl (C=O) groups excluding carboxylic acids is 1. The summed E-state index contributed by atoms with van der Waals surface area (Å²) in [7, 11) is 0. The Kier molecular flexibility index (Phi) is 5.00. The number of nitrogens with zero attached hydrogens (tertiary/aromatic N) is 1. The van der Waals surface area contributed by atoms with E-state index in [9.17, 15) is 13.6 Å². The number of aromatic nitrogens is 1. The molecule has 2 heterocycles. The molecule has 1 amide bonds. The molecule has 24 heavy (non-hydrogen) atoms. The van der Waals surface area contributed by atoms with Gasteiger partial charge in [-0.15, -0.1) is 0 Å². The van der Waals surface area contributed by atoms with Gasteiger partial charge in [-0.2, -0.15) is 0 Å². The Morgan fingerprint density at radius 1 is 1.33 bits per heavy atom. The fourth-order valence-corrected chi connectivity index (χ4v) is 2.35. The molecule has 1 saturated heterocycles. The van der Waals surface area contributed by atoms with Gasteiger partial charge in [0.25, 0.3) is 12.3 Å². The maximum absolute atomic E-state index is 12.7. The molecule has 5 nitrogen and oxygen atoms in total. The average Bonchev–Trinajstić information content (AvgIpc) is 3.08. The van der Waals surface area contributed by atoms with Crippen LogP contribution < -0.4 is 10.1 Å². The topological polar surface area (TPSA) is 60.5 Å². The van der Waals surface area contributed by atoms with Crippen molar-refractivity contribution in [3.05, 3.63) is 53.7 Å². The molecule has 1 aliphatic heterocycles. The summed E-state index contributed by atoms with van der Waals surface area (Å²) in [6, 6.07) is 8.63. The summed E-state index contributed by atoms with van der Waals surface area (Å²) < 4.78 is 36.3. The highest BCUT2D eigenvalue weighted by atomic mass is 19.3. The van der Waals surface area contributed by atoms with Crippen molar-refractivity contribution in [3.63, 3.8) is 0 Å². The Morgan fingerprint density at radius 3 is 2.96 bits per heavy atom. The third-order valence-electron chi connectivity index (χ3n) is 3.57. The van der Waals surface area contributed by atoms with Crippen LogP contribution in [0.2, 0.25) is 0 Å². The molecule has 1 aromatic heterocycles. The van der Waals surface area contributed by atoms with Crippen molar-refractivity contribution in [2.45, 2.75) is 19.0 Å². The molecular formula is C17H16F2N2O3. The number of benzene rings is 1. The maximum Gasteiger partial charge on any atom is 0.263 e. The zero-order valence-corrected chi connectivity index (χ0v) is 12.7. The second-order valence-electron chi connectivity index (χ2n) is 5.37. The highest BCUT2D eigenvalue weighted by molar-refractivity contribution is 6.04. The molecular weight excluding hydrogens is 318 g/mol. The lowest BCUT2D eigenvalue weighted by molar-refractivity contribution is 0.102. The molecule has 1 unspecified atom stereocenters. The van der Waals surface area contributed by atoms with E-state index in [1.807, 2.05) is 0 Å². The summed E-state index contributed by atoms with van der Waals surface area (Å²) in [5.74, 6) is -0.0872. The zero-order valence-electron chi connectivity index (χ0n) is 12.7. The van der Waals surface area contributed by atoms with Gasteiger partial charge in [-0.05, 0) is 18.2 Å². The number of halogens is 2. The first-order valence-corrected chi connectivity index (χ1v) is 7.52. The van der Waals surface area contributed by atoms with E-state index >= 15 is 0 Å². The van der Waals surface area contributed by atoms with Crippen LogP contribution in [0.3, 0.4) is 0 Å². The van der Waals surface area contributed by atoms with E-state index in [0.717, 1.165) is 6.42 Å². The van der Waals surface area contributed by atoms with Crippen LogP contribution in [0.5, 0.6) is 5.88 Å². The maximum atomic E-state index is 12.7. The molecule has 1 aliphatic rings. The van der Waals surface area contributed by atoms with Gasteiger partial charge in [0, 0.05) is 35.5 Å². The van der Waals surface area contributed by atoms with E-state index in [0.29, 0.717) is 30.3 Å². The number of pyridine rings is 1. The molecule has 0 bridgehead atoms. The predicted octanol–water partition coefficient (Wildman–Crippen LogP) is 3.44. The van der Waals surface area contributed by atoms with Crippen LogP contribution in [0, 0.1) is 0 Å². The Morgan fingerprint density at radius 2 is 2.21 bits per heavy atom. The number of hydrogen-bond donors (Lipinski definition) is 1. The third-order valence-corrected chi connectivity index (χ3v) is 3.57. The summed E-state index contributed by atoms with van der Waals surface area (Å²) in [5.41, 5.74) is 0.496. The van der Waals surface area contributed by atoms with E-state index in [-0.39, 0.29) is 11.7 Å². The van der Waals surface area contributed by atoms with E-state index in [2.05, 4.69) is 10.3 Å². The minimum Gasteiger partial charge on any atom is -0.472 e. The quantitative estimate of drug-likeness (QED) is 0.910. The zero-order chi connectivity index (χ0) is 16.9. The largest absolute Gasteiger partial charge is 0.472 e. The van der Waals surface area contributed by atoms with Gasteiger partial charge in [0.2, 0.25) is 5.88 Å². The molecule has 7 heteroatoms. The van der Waals surface area contributed by atoms with Gasteiger partial charge in [0.05, 0.1) is 13.2 Å². The minimum absolute atomic E-state index is 0.0708. The summed E-state index contributed by atoms with van der Waals surface area (Å²) in [6.45, 7) is 1.14. The Hall–Kier alpha value is -2.54. The van der Waals surface area contributed by atoms with Gasteiger partial charge in [-0.25, -0.2) is 13.8 Å². The number of hydrogen-bond acceptors (Lipinski definition) is 4. The molecule has 0 spiro atoms. The van der Waals surface area contributed by atoms with Crippen LogP contribution in [0.15, 0.2) is 42.6 Å². The number of nitrogens with one attached hydrogen (secondary N) is 1. The summed E-state index contributed by atoms with van der Waals surface area (Å²) in [4.78, 5) is 16.4. The number of anilines is 1. The van der Waals surface area contributed by atoms with Crippen LogP contribution in [0.1, 0.15) is 28.8 Å². The number of ether oxygens (including phenoxy) is 2. The summed E-state index contributed by atoms with van der Waals surface area (Å²) in [5, 5.41) is 2.59. The van der Waals surface area contributed by atoms with Crippen molar-refractivity contribution in [1.29, 1.82) is 0 Å². The molecule has 2 aromatic rings. The van der Waals surface area contributed by atoms with Gasteiger partial charge < -0.3 is 14.8 Å². The molecule has 0 radical (unpaired) electrons. The number of alkyl halides is 2. The van der Waals surface area contributed by atoms with Crippen molar-refractivity contribution in [1.82, 2.24) is 4.98 Å². The molecule has 126 valence electrons. The van der Waals surface area contributed by atoms with Crippen molar-refractivity contribution >= 4 is 11.6 Å². The minimum atomic E-state index is -2.59. The van der Waals surface area contributed by atoms with E-state index in [4.69, 9.17) is 9.47 Å². The van der Waals surface area contributed by atoms with Crippen LogP contribution in [0.4, 0.5) is 14.5 Å². The molecule has 1 fully saturated rings. The van der Waals surface area contributed by atoms with E-state index in [1.165, 1.54) is 36.5 Å². The highest BCUT2D eigenvalue weighted by Crippen LogP contribution is 2.22. The molecule has 0 saturated carbocycles. The van der Waals surface area contributed by atoms with Crippen molar-refractivity contribution in [2.24, 2.45) is 0 Å². The van der Waals surface area contributed by atoms with Crippen LogP contribution in [0.25, 0.3) is 0 Å². The lowest BCUT2D eigenvalue weighted by Gasteiger charge is -2.12. The number of amides is 1. The van der Waals surface area contributed by atoms with E-state index < -0.39 is 12.3 Å². The second-order valence-corrected chi connectivity index (χ2v) is 5.37. The smallest absolute Gasteiger partial charge is 0.263 e. The van der Waals surface area contributed by atoms with Gasteiger partial charge in [-0.3, -0.25) is 4.79 Å². The average molecular weight is 334 g/mol. The normalized spacial score (nSPS) is 17.0. The van der Waals surface area contributed by atoms with Crippen LogP contribution in [-0.2, 0) is 4.74 Å². The Balaban J connectivity index is 1.69. The van der Waals surface area contributed by atoms with Crippen molar-refractivity contribution in [2.75, 3.05) is 18.5 Å². The van der Waals surface area contributed by atoms with E-state index in [1.54, 1.807) is 6.07 Å². The first-order chi connectivity index (χ1) is 11.6. The number of rotatable bonds is 5. The first-order valence-electron chi connectivity index (χ1n) is 7.52.